The molecule has 1 aliphatic heterocycles. The molecule has 1 N–H and O–H groups in total. The van der Waals surface area contributed by atoms with Crippen LogP contribution in [0.3, 0.4) is 0 Å². The molecule has 4 nitrogen and oxygen atoms in total. The number of carbonyl (C=O) groups is 1. The van der Waals surface area contributed by atoms with Crippen molar-refractivity contribution in [1.29, 1.82) is 0 Å². The molecule has 4 heteroatoms. The van der Waals surface area contributed by atoms with E-state index in [9.17, 15) is 4.79 Å². The predicted octanol–water partition coefficient (Wildman–Crippen LogP) is 3.42. The van der Waals surface area contributed by atoms with Gasteiger partial charge >= 0.3 is 6.09 Å². The van der Waals surface area contributed by atoms with Crippen molar-refractivity contribution in [2.24, 2.45) is 11.8 Å². The van der Waals surface area contributed by atoms with Crippen LogP contribution in [0, 0.1) is 11.8 Å². The van der Waals surface area contributed by atoms with Gasteiger partial charge in [-0.15, -0.1) is 0 Å². The number of amides is 1. The minimum atomic E-state index is -0.408. The molecule has 0 unspecified atom stereocenters. The highest BCUT2D eigenvalue weighted by Crippen LogP contribution is 2.38. The molecule has 126 valence electrons. The molecule has 0 radical (unpaired) electrons. The maximum absolute atomic E-state index is 12.2. The number of nitrogens with zero attached hydrogens (tertiary/aromatic N) is 1. The van der Waals surface area contributed by atoms with E-state index < -0.39 is 5.60 Å². The number of carbonyl (C=O) groups excluding carboxylic acids is 1. The van der Waals surface area contributed by atoms with E-state index in [4.69, 9.17) is 4.74 Å². The average molecular weight is 316 g/mol. The average Bonchev–Trinajstić information content (AvgIpc) is 3.02. The van der Waals surface area contributed by atoms with Crippen LogP contribution < -0.4 is 5.32 Å². The van der Waals surface area contributed by atoms with Crippen LogP contribution in [0.15, 0.2) is 30.3 Å². The first-order valence-electron chi connectivity index (χ1n) is 8.66. The summed E-state index contributed by atoms with van der Waals surface area (Å²) in [7, 11) is 0. The molecule has 1 aromatic rings. The molecule has 2 fully saturated rings. The number of benzene rings is 1. The lowest BCUT2D eigenvalue weighted by molar-refractivity contribution is 0.0279. The van der Waals surface area contributed by atoms with E-state index in [2.05, 4.69) is 35.6 Å². The zero-order valence-electron chi connectivity index (χ0n) is 14.4. The largest absolute Gasteiger partial charge is 0.444 e. The Morgan fingerprint density at radius 2 is 1.78 bits per heavy atom. The molecule has 0 aromatic heterocycles. The van der Waals surface area contributed by atoms with Gasteiger partial charge in [0.2, 0.25) is 0 Å². The minimum Gasteiger partial charge on any atom is -0.444 e. The highest BCUT2D eigenvalue weighted by molar-refractivity contribution is 5.68. The van der Waals surface area contributed by atoms with Gasteiger partial charge in [0.15, 0.2) is 0 Å². The topological polar surface area (TPSA) is 41.6 Å². The number of hydrogen-bond donors (Lipinski definition) is 1. The van der Waals surface area contributed by atoms with Crippen LogP contribution in [0.1, 0.15) is 39.2 Å². The Balaban J connectivity index is 1.45. The van der Waals surface area contributed by atoms with Gasteiger partial charge in [-0.25, -0.2) is 4.79 Å². The van der Waals surface area contributed by atoms with Crippen molar-refractivity contribution in [2.45, 2.75) is 51.8 Å². The second kappa shape index (κ2) is 6.52. The number of hydrogen-bond acceptors (Lipinski definition) is 3. The lowest BCUT2D eigenvalue weighted by Gasteiger charge is -2.25. The number of likely N-dealkylation sites (tertiary alicyclic amines) is 1. The summed E-state index contributed by atoms with van der Waals surface area (Å²) in [5.41, 5.74) is 0.925. The molecule has 1 aromatic carbocycles. The van der Waals surface area contributed by atoms with E-state index in [-0.39, 0.29) is 6.09 Å². The van der Waals surface area contributed by atoms with Gasteiger partial charge < -0.3 is 15.0 Å². The van der Waals surface area contributed by atoms with E-state index >= 15 is 0 Å². The van der Waals surface area contributed by atoms with Crippen molar-refractivity contribution < 1.29 is 9.53 Å². The second-order valence-electron chi connectivity index (χ2n) is 7.94. The fraction of sp³-hybridized carbons (Fsp3) is 0.632. The van der Waals surface area contributed by atoms with Gasteiger partial charge in [-0.1, -0.05) is 30.3 Å². The second-order valence-corrected chi connectivity index (χ2v) is 7.94. The Labute approximate surface area is 139 Å². The number of fused-ring (bicyclic) bond motifs is 1. The summed E-state index contributed by atoms with van der Waals surface area (Å²) in [4.78, 5) is 14.1. The van der Waals surface area contributed by atoms with Gasteiger partial charge in [0.25, 0.3) is 0 Å². The molecular formula is C19H28N2O2. The molecule has 1 amide bonds. The molecule has 1 aliphatic carbocycles. The molecule has 0 bridgehead atoms. The van der Waals surface area contributed by atoms with Crippen LogP contribution >= 0.6 is 0 Å². The van der Waals surface area contributed by atoms with Gasteiger partial charge in [0.1, 0.15) is 5.60 Å². The summed E-state index contributed by atoms with van der Waals surface area (Å²) in [5, 5.41) is 3.67. The van der Waals surface area contributed by atoms with Gasteiger partial charge in [-0.3, -0.25) is 0 Å². The summed E-state index contributed by atoms with van der Waals surface area (Å²) in [6.45, 7) is 8.40. The summed E-state index contributed by atoms with van der Waals surface area (Å²) < 4.78 is 5.49. The molecule has 3 rings (SSSR count). The van der Waals surface area contributed by atoms with Gasteiger partial charge in [0, 0.05) is 25.7 Å². The van der Waals surface area contributed by atoms with Crippen molar-refractivity contribution in [3.05, 3.63) is 35.9 Å². The van der Waals surface area contributed by atoms with Gasteiger partial charge in [-0.05, 0) is 51.0 Å². The number of rotatable bonds is 3. The van der Waals surface area contributed by atoms with Crippen LogP contribution in [-0.4, -0.2) is 35.7 Å². The van der Waals surface area contributed by atoms with Crippen molar-refractivity contribution in [2.75, 3.05) is 13.1 Å². The first-order chi connectivity index (χ1) is 10.9. The van der Waals surface area contributed by atoms with E-state index in [1.165, 1.54) is 5.56 Å². The Morgan fingerprint density at radius 1 is 1.17 bits per heavy atom. The smallest absolute Gasteiger partial charge is 0.410 e. The summed E-state index contributed by atoms with van der Waals surface area (Å²) >= 11 is 0. The van der Waals surface area contributed by atoms with Crippen LogP contribution in [0.2, 0.25) is 0 Å². The van der Waals surface area contributed by atoms with E-state index in [0.717, 1.165) is 32.5 Å². The molecule has 2 aliphatic rings. The van der Waals surface area contributed by atoms with Crippen LogP contribution in [0.25, 0.3) is 0 Å². The van der Waals surface area contributed by atoms with Gasteiger partial charge in [-0.2, -0.15) is 0 Å². The lowest BCUT2D eigenvalue weighted by atomic mass is 10.0. The minimum absolute atomic E-state index is 0.152. The highest BCUT2D eigenvalue weighted by Gasteiger charge is 2.43. The molecule has 1 saturated heterocycles. The summed E-state index contributed by atoms with van der Waals surface area (Å²) in [5.74, 6) is 1.24. The maximum atomic E-state index is 12.2. The molecule has 1 saturated carbocycles. The van der Waals surface area contributed by atoms with Gasteiger partial charge in [0.05, 0.1) is 0 Å². The zero-order chi connectivity index (χ0) is 16.4. The highest BCUT2D eigenvalue weighted by atomic mass is 16.6. The fourth-order valence-corrected chi connectivity index (χ4v) is 3.80. The quantitative estimate of drug-likeness (QED) is 0.929. The normalized spacial score (nSPS) is 27.1. The molecule has 23 heavy (non-hydrogen) atoms. The van der Waals surface area contributed by atoms with Crippen molar-refractivity contribution in [1.82, 2.24) is 10.2 Å². The van der Waals surface area contributed by atoms with Crippen LogP contribution in [-0.2, 0) is 11.3 Å². The third-order valence-corrected chi connectivity index (χ3v) is 4.84. The maximum Gasteiger partial charge on any atom is 0.410 e. The zero-order valence-corrected chi connectivity index (χ0v) is 14.4. The Kier molecular flexibility index (Phi) is 4.62. The van der Waals surface area contributed by atoms with Crippen molar-refractivity contribution >= 4 is 6.09 Å². The Bertz CT molecular complexity index is 524. The lowest BCUT2D eigenvalue weighted by Crippen LogP contribution is -2.37. The molecule has 3 atom stereocenters. The molecular weight excluding hydrogens is 288 g/mol. The Morgan fingerprint density at radius 3 is 2.35 bits per heavy atom. The fourth-order valence-electron chi connectivity index (χ4n) is 3.80. The first kappa shape index (κ1) is 16.3. The van der Waals surface area contributed by atoms with Crippen molar-refractivity contribution in [3.8, 4) is 0 Å². The summed E-state index contributed by atoms with van der Waals surface area (Å²) in [6, 6.07) is 11.1. The molecule has 0 spiro atoms. The number of nitrogens with one attached hydrogen (secondary N) is 1. The number of ether oxygens (including phenoxy) is 1. The van der Waals surface area contributed by atoms with Crippen LogP contribution in [0.5, 0.6) is 0 Å². The van der Waals surface area contributed by atoms with E-state index in [0.29, 0.717) is 17.9 Å². The van der Waals surface area contributed by atoms with E-state index in [1.807, 2.05) is 25.7 Å². The monoisotopic (exact) mass is 316 g/mol. The Hall–Kier alpha value is -1.55. The summed E-state index contributed by atoms with van der Waals surface area (Å²) in [6.07, 6.45) is 2.17. The SMILES string of the molecule is CC(C)(C)OC(=O)N1C[C@H]2C[C@H](NCc3ccccc3)C[C@H]2C1. The standard InChI is InChI=1S/C19H28N2O2/c1-19(2,3)23-18(22)21-12-15-9-17(10-16(15)13-21)20-11-14-7-5-4-6-8-14/h4-8,15-17,20H,9-13H2,1-3H3/t15-,16+,17+. The first-order valence-corrected chi connectivity index (χ1v) is 8.66. The van der Waals surface area contributed by atoms with E-state index in [1.54, 1.807) is 0 Å². The third kappa shape index (κ3) is 4.25. The predicted molar refractivity (Wildman–Crippen MR) is 91.1 cm³/mol. The third-order valence-electron chi connectivity index (χ3n) is 4.84. The van der Waals surface area contributed by atoms with Crippen molar-refractivity contribution in [3.63, 3.8) is 0 Å². The molecule has 1 heterocycles. The van der Waals surface area contributed by atoms with Crippen LogP contribution in [0.4, 0.5) is 4.79 Å².